The molecule has 0 radical (unpaired) electrons. The summed E-state index contributed by atoms with van der Waals surface area (Å²) in [6.07, 6.45) is 1.15. The molecule has 2 heterocycles. The van der Waals surface area contributed by atoms with E-state index >= 15 is 0 Å². The minimum absolute atomic E-state index is 0.239. The summed E-state index contributed by atoms with van der Waals surface area (Å²) in [5.41, 5.74) is 4.60. The fraction of sp³-hybridized carbons (Fsp3) is 0.267. The molecule has 0 atom stereocenters. The molecule has 0 amide bonds. The van der Waals surface area contributed by atoms with E-state index in [0.29, 0.717) is 52.7 Å². The SMILES string of the molecule is CCOC(=O)c1[nH]c2c(-c3c(CO)nn(C)c3C)c(Cl)ccc2c1CCCOc1cccc2cc(F)ccc12. The summed E-state index contributed by atoms with van der Waals surface area (Å²) in [5, 5.41) is 17.3. The van der Waals surface area contributed by atoms with Crippen molar-refractivity contribution in [2.75, 3.05) is 13.2 Å². The molecule has 0 bridgehead atoms. The number of esters is 1. The lowest BCUT2D eigenvalue weighted by atomic mass is 9.98. The Labute approximate surface area is 230 Å². The first kappa shape index (κ1) is 26.7. The number of fused-ring (bicyclic) bond motifs is 2. The number of rotatable bonds is 9. The highest BCUT2D eigenvalue weighted by molar-refractivity contribution is 6.35. The number of carbonyl (C=O) groups is 1. The Kier molecular flexibility index (Phi) is 7.59. The molecule has 2 N–H and O–H groups in total. The van der Waals surface area contributed by atoms with Gasteiger partial charge in [0.05, 0.1) is 36.1 Å². The van der Waals surface area contributed by atoms with Gasteiger partial charge in [-0.15, -0.1) is 0 Å². The molecule has 0 spiro atoms. The van der Waals surface area contributed by atoms with Crippen LogP contribution in [0.15, 0.2) is 48.5 Å². The molecule has 0 aliphatic rings. The monoisotopic (exact) mass is 549 g/mol. The van der Waals surface area contributed by atoms with E-state index in [4.69, 9.17) is 21.1 Å². The number of carbonyl (C=O) groups excluding carboxylic acids is 1. The van der Waals surface area contributed by atoms with Crippen LogP contribution in [0.5, 0.6) is 5.75 Å². The van der Waals surface area contributed by atoms with Gasteiger partial charge in [0.25, 0.3) is 0 Å². The third-order valence-corrected chi connectivity index (χ3v) is 7.26. The number of hydrogen-bond acceptors (Lipinski definition) is 5. The second-order valence-corrected chi connectivity index (χ2v) is 9.71. The van der Waals surface area contributed by atoms with E-state index in [1.54, 1.807) is 23.7 Å². The third-order valence-electron chi connectivity index (χ3n) is 6.95. The molecular formula is C30H29ClFN3O4. The average molecular weight is 550 g/mol. The molecule has 7 nitrogen and oxygen atoms in total. The van der Waals surface area contributed by atoms with Crippen molar-refractivity contribution < 1.29 is 23.8 Å². The zero-order valence-corrected chi connectivity index (χ0v) is 22.7. The van der Waals surface area contributed by atoms with E-state index in [0.717, 1.165) is 33.0 Å². The summed E-state index contributed by atoms with van der Waals surface area (Å²) in [4.78, 5) is 16.3. The minimum Gasteiger partial charge on any atom is -0.493 e. The zero-order chi connectivity index (χ0) is 27.7. The predicted octanol–water partition coefficient (Wildman–Crippen LogP) is 6.50. The van der Waals surface area contributed by atoms with Gasteiger partial charge in [0.15, 0.2) is 0 Å². The fourth-order valence-electron chi connectivity index (χ4n) is 5.07. The van der Waals surface area contributed by atoms with Crippen LogP contribution in [-0.4, -0.2) is 39.1 Å². The number of nitrogens with one attached hydrogen (secondary N) is 1. The van der Waals surface area contributed by atoms with Crippen LogP contribution in [0.2, 0.25) is 5.02 Å². The lowest BCUT2D eigenvalue weighted by molar-refractivity contribution is 0.0519. The molecule has 5 rings (SSSR count). The maximum atomic E-state index is 13.6. The van der Waals surface area contributed by atoms with E-state index in [1.807, 2.05) is 38.2 Å². The molecule has 202 valence electrons. The number of aliphatic hydroxyl groups is 1. The van der Waals surface area contributed by atoms with Gasteiger partial charge in [-0.05, 0) is 68.0 Å². The molecule has 2 aromatic heterocycles. The van der Waals surface area contributed by atoms with Gasteiger partial charge in [0.1, 0.15) is 17.3 Å². The van der Waals surface area contributed by atoms with Crippen molar-refractivity contribution in [1.82, 2.24) is 14.8 Å². The number of hydrogen-bond donors (Lipinski definition) is 2. The van der Waals surface area contributed by atoms with E-state index in [1.165, 1.54) is 12.1 Å². The van der Waals surface area contributed by atoms with E-state index in [9.17, 15) is 14.3 Å². The number of halogens is 2. The summed E-state index contributed by atoms with van der Waals surface area (Å²) in [6.45, 7) is 4.05. The van der Waals surface area contributed by atoms with Gasteiger partial charge in [0.2, 0.25) is 0 Å². The zero-order valence-electron chi connectivity index (χ0n) is 22.0. The lowest BCUT2D eigenvalue weighted by Crippen LogP contribution is -2.09. The largest absolute Gasteiger partial charge is 0.493 e. The number of nitrogens with zero attached hydrogens (tertiary/aromatic N) is 2. The molecule has 0 saturated carbocycles. The van der Waals surface area contributed by atoms with Crippen LogP contribution in [0.3, 0.4) is 0 Å². The molecule has 9 heteroatoms. The number of aromatic nitrogens is 3. The Morgan fingerprint density at radius 2 is 1.95 bits per heavy atom. The molecule has 39 heavy (non-hydrogen) atoms. The molecule has 0 unspecified atom stereocenters. The second-order valence-electron chi connectivity index (χ2n) is 9.31. The van der Waals surface area contributed by atoms with Gasteiger partial charge in [-0.25, -0.2) is 9.18 Å². The van der Waals surface area contributed by atoms with Crippen LogP contribution in [0.1, 0.15) is 40.8 Å². The van der Waals surface area contributed by atoms with Crippen molar-refractivity contribution in [3.8, 4) is 16.9 Å². The molecular weight excluding hydrogens is 521 g/mol. The Morgan fingerprint density at radius 1 is 1.15 bits per heavy atom. The van der Waals surface area contributed by atoms with Crippen molar-refractivity contribution in [2.24, 2.45) is 7.05 Å². The van der Waals surface area contributed by atoms with Crippen LogP contribution >= 0.6 is 11.6 Å². The number of benzene rings is 3. The van der Waals surface area contributed by atoms with Gasteiger partial charge < -0.3 is 19.6 Å². The third kappa shape index (κ3) is 4.97. The van der Waals surface area contributed by atoms with Gasteiger partial charge in [0, 0.05) is 34.6 Å². The summed E-state index contributed by atoms with van der Waals surface area (Å²) in [5.74, 6) is -0.0692. The van der Waals surface area contributed by atoms with Crippen molar-refractivity contribution in [3.05, 3.63) is 82.0 Å². The van der Waals surface area contributed by atoms with Crippen LogP contribution in [-0.2, 0) is 24.8 Å². The Balaban J connectivity index is 1.50. The molecule has 0 aliphatic heterocycles. The number of H-pyrrole nitrogens is 1. The van der Waals surface area contributed by atoms with E-state index < -0.39 is 5.97 Å². The molecule has 0 fully saturated rings. The van der Waals surface area contributed by atoms with Crippen molar-refractivity contribution >= 4 is 39.2 Å². The highest BCUT2D eigenvalue weighted by atomic mass is 35.5. The van der Waals surface area contributed by atoms with Crippen LogP contribution in [0.25, 0.3) is 32.8 Å². The lowest BCUT2D eigenvalue weighted by Gasteiger charge is -2.10. The first-order chi connectivity index (χ1) is 18.8. The minimum atomic E-state index is -0.451. The van der Waals surface area contributed by atoms with Gasteiger partial charge in [-0.3, -0.25) is 4.68 Å². The number of aryl methyl sites for hydroxylation is 2. The van der Waals surface area contributed by atoms with Crippen LogP contribution in [0.4, 0.5) is 4.39 Å². The standard InChI is InChI=1S/C30H29ClFN3O4/c1-4-38-30(37)29-21(8-6-14-39-25-9-5-7-18-15-19(32)10-11-20(18)25)22-12-13-23(31)27(28(22)33-29)26-17(2)35(3)34-24(26)16-36/h5,7,9-13,15,33,36H,4,6,8,14,16H2,1-3H3. The number of aliphatic hydroxyl groups excluding tert-OH is 1. The maximum absolute atomic E-state index is 13.6. The second kappa shape index (κ2) is 11.1. The van der Waals surface area contributed by atoms with Crippen molar-refractivity contribution in [3.63, 3.8) is 0 Å². The highest BCUT2D eigenvalue weighted by Gasteiger charge is 2.25. The van der Waals surface area contributed by atoms with E-state index in [2.05, 4.69) is 10.1 Å². The number of ether oxygens (including phenoxy) is 2. The summed E-state index contributed by atoms with van der Waals surface area (Å²) < 4.78 is 26.8. The van der Waals surface area contributed by atoms with Gasteiger partial charge >= 0.3 is 5.97 Å². The number of aromatic amines is 1. The van der Waals surface area contributed by atoms with Crippen molar-refractivity contribution in [2.45, 2.75) is 33.3 Å². The Morgan fingerprint density at radius 3 is 2.72 bits per heavy atom. The Bertz CT molecular complexity index is 1690. The first-order valence-corrected chi connectivity index (χ1v) is 13.2. The summed E-state index contributed by atoms with van der Waals surface area (Å²) in [7, 11) is 1.81. The average Bonchev–Trinajstić information content (AvgIpc) is 3.43. The normalized spacial score (nSPS) is 11.4. The molecule has 0 saturated heterocycles. The molecule has 5 aromatic rings. The van der Waals surface area contributed by atoms with Gasteiger partial charge in [-0.1, -0.05) is 29.8 Å². The topological polar surface area (TPSA) is 89.4 Å². The first-order valence-electron chi connectivity index (χ1n) is 12.8. The summed E-state index contributed by atoms with van der Waals surface area (Å²) in [6, 6.07) is 13.8. The molecule has 3 aromatic carbocycles. The highest BCUT2D eigenvalue weighted by Crippen LogP contribution is 2.40. The van der Waals surface area contributed by atoms with E-state index in [-0.39, 0.29) is 19.0 Å². The van der Waals surface area contributed by atoms with Gasteiger partial charge in [-0.2, -0.15) is 5.10 Å². The summed E-state index contributed by atoms with van der Waals surface area (Å²) >= 11 is 6.70. The predicted molar refractivity (Wildman–Crippen MR) is 150 cm³/mol. The smallest absolute Gasteiger partial charge is 0.355 e. The maximum Gasteiger partial charge on any atom is 0.355 e. The van der Waals surface area contributed by atoms with Crippen molar-refractivity contribution in [1.29, 1.82) is 0 Å². The molecule has 0 aliphatic carbocycles. The fourth-order valence-corrected chi connectivity index (χ4v) is 5.32. The van der Waals surface area contributed by atoms with Crippen LogP contribution < -0.4 is 4.74 Å². The quantitative estimate of drug-likeness (QED) is 0.162. The van der Waals surface area contributed by atoms with Crippen LogP contribution in [0, 0.1) is 12.7 Å². The Hall–Kier alpha value is -3.88.